The molecule has 0 aliphatic heterocycles. The van der Waals surface area contributed by atoms with Crippen molar-refractivity contribution in [2.75, 3.05) is 7.05 Å². The molecule has 1 fully saturated rings. The van der Waals surface area contributed by atoms with E-state index in [2.05, 4.69) is 33.1 Å². The van der Waals surface area contributed by atoms with Crippen LogP contribution in [0.15, 0.2) is 0 Å². The summed E-state index contributed by atoms with van der Waals surface area (Å²) in [6.07, 6.45) is 7.16. The summed E-state index contributed by atoms with van der Waals surface area (Å²) >= 11 is 0. The Morgan fingerprint density at radius 3 is 2.08 bits per heavy atom. The van der Waals surface area contributed by atoms with Crippen LogP contribution in [-0.2, 0) is 0 Å². The Hall–Kier alpha value is -0.0400. The molecular formula is C12H25N. The highest BCUT2D eigenvalue weighted by molar-refractivity contribution is 4.92. The van der Waals surface area contributed by atoms with Crippen LogP contribution < -0.4 is 5.32 Å². The maximum Gasteiger partial charge on any atom is 0.00922 e. The highest BCUT2D eigenvalue weighted by Crippen LogP contribution is 2.45. The molecule has 1 heteroatoms. The molecule has 1 unspecified atom stereocenters. The lowest BCUT2D eigenvalue weighted by Gasteiger charge is -2.37. The van der Waals surface area contributed by atoms with E-state index >= 15 is 0 Å². The van der Waals surface area contributed by atoms with Crippen molar-refractivity contribution in [3.63, 3.8) is 0 Å². The van der Waals surface area contributed by atoms with E-state index in [1.807, 2.05) is 0 Å². The van der Waals surface area contributed by atoms with Gasteiger partial charge in [-0.25, -0.2) is 0 Å². The molecule has 1 aliphatic carbocycles. The molecule has 1 atom stereocenters. The first-order valence-corrected chi connectivity index (χ1v) is 5.78. The first-order valence-electron chi connectivity index (χ1n) is 5.78. The van der Waals surface area contributed by atoms with Crippen molar-refractivity contribution >= 4 is 0 Å². The molecule has 1 nitrogen and oxygen atoms in total. The Kier molecular flexibility index (Phi) is 3.78. The minimum absolute atomic E-state index is 0.614. The van der Waals surface area contributed by atoms with Crippen molar-refractivity contribution in [1.29, 1.82) is 0 Å². The van der Waals surface area contributed by atoms with E-state index < -0.39 is 0 Å². The third kappa shape index (κ3) is 2.46. The van der Waals surface area contributed by atoms with Crippen molar-refractivity contribution in [1.82, 2.24) is 5.32 Å². The van der Waals surface area contributed by atoms with Crippen LogP contribution in [0.5, 0.6) is 0 Å². The fourth-order valence-corrected chi connectivity index (χ4v) is 3.01. The van der Waals surface area contributed by atoms with Gasteiger partial charge >= 0.3 is 0 Å². The molecule has 13 heavy (non-hydrogen) atoms. The topological polar surface area (TPSA) is 12.0 Å². The zero-order chi connectivity index (χ0) is 9.90. The molecule has 1 N–H and O–H groups in total. The largest absolute Gasteiger partial charge is 0.317 e. The van der Waals surface area contributed by atoms with Crippen LogP contribution in [0.2, 0.25) is 0 Å². The number of hydrogen-bond acceptors (Lipinski definition) is 1. The van der Waals surface area contributed by atoms with Crippen molar-refractivity contribution in [2.45, 2.75) is 58.9 Å². The summed E-state index contributed by atoms with van der Waals surface area (Å²) in [5, 5.41) is 3.45. The fourth-order valence-electron chi connectivity index (χ4n) is 3.01. The fraction of sp³-hybridized carbons (Fsp3) is 1.00. The monoisotopic (exact) mass is 183 g/mol. The van der Waals surface area contributed by atoms with Gasteiger partial charge in [0, 0.05) is 6.04 Å². The SMILES string of the molecule is CNC(C)C1(CC(C)C)CCCC1. The van der Waals surface area contributed by atoms with Crippen molar-refractivity contribution < 1.29 is 0 Å². The van der Waals surface area contributed by atoms with E-state index in [-0.39, 0.29) is 0 Å². The smallest absolute Gasteiger partial charge is 0.00922 e. The van der Waals surface area contributed by atoms with E-state index in [1.165, 1.54) is 32.1 Å². The normalized spacial score (nSPS) is 23.8. The van der Waals surface area contributed by atoms with Gasteiger partial charge in [0.1, 0.15) is 0 Å². The number of rotatable bonds is 4. The summed E-state index contributed by atoms with van der Waals surface area (Å²) in [6.45, 7) is 7.05. The van der Waals surface area contributed by atoms with Crippen molar-refractivity contribution in [2.24, 2.45) is 11.3 Å². The zero-order valence-corrected chi connectivity index (χ0v) is 9.69. The molecule has 1 aliphatic rings. The first kappa shape index (κ1) is 11.0. The van der Waals surface area contributed by atoms with Gasteiger partial charge in [0.2, 0.25) is 0 Å². The van der Waals surface area contributed by atoms with E-state index in [9.17, 15) is 0 Å². The highest BCUT2D eigenvalue weighted by Gasteiger charge is 2.38. The maximum absolute atomic E-state index is 3.45. The molecule has 1 saturated carbocycles. The Morgan fingerprint density at radius 1 is 1.15 bits per heavy atom. The van der Waals surface area contributed by atoms with Gasteiger partial charge in [0.25, 0.3) is 0 Å². The Morgan fingerprint density at radius 2 is 1.69 bits per heavy atom. The van der Waals surface area contributed by atoms with Gasteiger partial charge in [-0.3, -0.25) is 0 Å². The average Bonchev–Trinajstić information content (AvgIpc) is 2.51. The predicted octanol–water partition coefficient (Wildman–Crippen LogP) is 3.20. The van der Waals surface area contributed by atoms with Crippen molar-refractivity contribution in [3.05, 3.63) is 0 Å². The molecule has 78 valence electrons. The summed E-state index contributed by atoms with van der Waals surface area (Å²) in [6, 6.07) is 0.692. The maximum atomic E-state index is 3.45. The van der Waals surface area contributed by atoms with Crippen LogP contribution in [0.3, 0.4) is 0 Å². The van der Waals surface area contributed by atoms with Crippen LogP contribution in [0.25, 0.3) is 0 Å². The van der Waals surface area contributed by atoms with E-state index in [4.69, 9.17) is 0 Å². The molecule has 1 rings (SSSR count). The van der Waals surface area contributed by atoms with Gasteiger partial charge in [-0.1, -0.05) is 26.7 Å². The summed E-state index contributed by atoms with van der Waals surface area (Å²) in [4.78, 5) is 0. The molecule has 0 radical (unpaired) electrons. The Labute approximate surface area is 83.3 Å². The molecule has 0 aromatic rings. The van der Waals surface area contributed by atoms with Crippen LogP contribution in [0, 0.1) is 11.3 Å². The second-order valence-electron chi connectivity index (χ2n) is 5.18. The minimum Gasteiger partial charge on any atom is -0.317 e. The third-order valence-electron chi connectivity index (χ3n) is 3.77. The summed E-state index contributed by atoms with van der Waals surface area (Å²) in [5.74, 6) is 0.842. The number of hydrogen-bond donors (Lipinski definition) is 1. The van der Waals surface area contributed by atoms with Gasteiger partial charge in [0.15, 0.2) is 0 Å². The van der Waals surface area contributed by atoms with Crippen LogP contribution in [0.4, 0.5) is 0 Å². The second kappa shape index (κ2) is 4.45. The summed E-state index contributed by atoms with van der Waals surface area (Å²) in [7, 11) is 2.10. The average molecular weight is 183 g/mol. The van der Waals surface area contributed by atoms with Crippen molar-refractivity contribution in [3.8, 4) is 0 Å². The lowest BCUT2D eigenvalue weighted by Crippen LogP contribution is -2.40. The first-order chi connectivity index (χ1) is 6.10. The summed E-state index contributed by atoms with van der Waals surface area (Å²) < 4.78 is 0. The Bertz CT molecular complexity index is 145. The third-order valence-corrected chi connectivity index (χ3v) is 3.77. The predicted molar refractivity (Wildman–Crippen MR) is 58.9 cm³/mol. The van der Waals surface area contributed by atoms with E-state index in [0.717, 1.165) is 5.92 Å². The van der Waals surface area contributed by atoms with Gasteiger partial charge < -0.3 is 5.32 Å². The zero-order valence-electron chi connectivity index (χ0n) is 9.69. The second-order valence-corrected chi connectivity index (χ2v) is 5.18. The van der Waals surface area contributed by atoms with Gasteiger partial charge in [-0.15, -0.1) is 0 Å². The number of nitrogens with one attached hydrogen (secondary N) is 1. The van der Waals surface area contributed by atoms with E-state index in [1.54, 1.807) is 0 Å². The van der Waals surface area contributed by atoms with Crippen LogP contribution in [-0.4, -0.2) is 13.1 Å². The molecule has 0 saturated heterocycles. The van der Waals surface area contributed by atoms with Gasteiger partial charge in [-0.05, 0) is 44.6 Å². The van der Waals surface area contributed by atoms with Gasteiger partial charge in [0.05, 0.1) is 0 Å². The molecule has 0 aromatic heterocycles. The lowest BCUT2D eigenvalue weighted by atomic mass is 9.73. The highest BCUT2D eigenvalue weighted by atomic mass is 14.9. The van der Waals surface area contributed by atoms with Crippen LogP contribution >= 0.6 is 0 Å². The van der Waals surface area contributed by atoms with E-state index in [0.29, 0.717) is 11.5 Å². The van der Waals surface area contributed by atoms with Gasteiger partial charge in [-0.2, -0.15) is 0 Å². The van der Waals surface area contributed by atoms with Crippen LogP contribution in [0.1, 0.15) is 52.9 Å². The molecule has 0 bridgehead atoms. The molecule has 0 heterocycles. The molecule has 0 spiro atoms. The lowest BCUT2D eigenvalue weighted by molar-refractivity contribution is 0.172. The minimum atomic E-state index is 0.614. The standard InChI is InChI=1S/C12H25N/c1-10(2)9-12(11(3)13-4)7-5-6-8-12/h10-11,13H,5-9H2,1-4H3. The molecule has 0 aromatic carbocycles. The Balaban J connectivity index is 2.62. The summed E-state index contributed by atoms with van der Waals surface area (Å²) in [5.41, 5.74) is 0.614. The molecular weight excluding hydrogens is 158 g/mol. The molecule has 0 amide bonds. The quantitative estimate of drug-likeness (QED) is 0.706.